The van der Waals surface area contributed by atoms with Crippen molar-refractivity contribution in [3.05, 3.63) is 0 Å². The van der Waals surface area contributed by atoms with E-state index in [4.69, 9.17) is 0 Å². The SMILES string of the molecule is CCC(C(C)C)N1CCCC(Br)C1=O. The predicted octanol–water partition coefficient (Wildman–Crippen LogP) is 2.81. The molecule has 2 nitrogen and oxygen atoms in total. The van der Waals surface area contributed by atoms with Crippen LogP contribution < -0.4 is 0 Å². The van der Waals surface area contributed by atoms with Crippen molar-refractivity contribution in [2.45, 2.75) is 50.9 Å². The maximum atomic E-state index is 11.9. The molecular formula is C11H20BrNO. The molecular weight excluding hydrogens is 242 g/mol. The smallest absolute Gasteiger partial charge is 0.236 e. The normalized spacial score (nSPS) is 25.6. The molecule has 14 heavy (non-hydrogen) atoms. The van der Waals surface area contributed by atoms with E-state index in [1.807, 2.05) is 0 Å². The number of carbonyl (C=O) groups is 1. The zero-order chi connectivity index (χ0) is 10.7. The van der Waals surface area contributed by atoms with Crippen LogP contribution in [0.4, 0.5) is 0 Å². The molecule has 1 aliphatic rings. The van der Waals surface area contributed by atoms with Crippen molar-refractivity contribution in [3.8, 4) is 0 Å². The van der Waals surface area contributed by atoms with Crippen LogP contribution in [-0.4, -0.2) is 28.2 Å². The van der Waals surface area contributed by atoms with Crippen LogP contribution >= 0.6 is 15.9 Å². The molecule has 2 unspecified atom stereocenters. The highest BCUT2D eigenvalue weighted by Gasteiger charge is 2.31. The van der Waals surface area contributed by atoms with Crippen LogP contribution in [0.1, 0.15) is 40.0 Å². The first-order valence-electron chi connectivity index (χ1n) is 5.52. The Morgan fingerprint density at radius 3 is 2.71 bits per heavy atom. The van der Waals surface area contributed by atoms with E-state index in [-0.39, 0.29) is 10.7 Å². The van der Waals surface area contributed by atoms with Crippen molar-refractivity contribution in [1.29, 1.82) is 0 Å². The molecule has 3 heteroatoms. The lowest BCUT2D eigenvalue weighted by atomic mass is 9.97. The first kappa shape index (κ1) is 12.0. The Kier molecular flexibility index (Phi) is 4.42. The number of nitrogens with zero attached hydrogens (tertiary/aromatic N) is 1. The summed E-state index contributed by atoms with van der Waals surface area (Å²) in [6.45, 7) is 7.49. The fourth-order valence-electron chi connectivity index (χ4n) is 2.24. The van der Waals surface area contributed by atoms with E-state index >= 15 is 0 Å². The van der Waals surface area contributed by atoms with Crippen molar-refractivity contribution < 1.29 is 4.79 Å². The summed E-state index contributed by atoms with van der Waals surface area (Å²) in [5.41, 5.74) is 0. The second kappa shape index (κ2) is 5.15. The minimum atomic E-state index is 0.0593. The largest absolute Gasteiger partial charge is 0.339 e. The Balaban J connectivity index is 2.69. The Hall–Kier alpha value is -0.0500. The molecule has 82 valence electrons. The van der Waals surface area contributed by atoms with Gasteiger partial charge < -0.3 is 4.90 Å². The number of carbonyl (C=O) groups excluding carboxylic acids is 1. The molecule has 0 N–H and O–H groups in total. The molecule has 0 radical (unpaired) electrons. The molecule has 1 aliphatic heterocycles. The highest BCUT2D eigenvalue weighted by Crippen LogP contribution is 2.24. The van der Waals surface area contributed by atoms with E-state index in [1.54, 1.807) is 0 Å². The molecule has 2 atom stereocenters. The molecule has 1 heterocycles. The number of alkyl halides is 1. The molecule has 0 aromatic carbocycles. The molecule has 0 saturated carbocycles. The van der Waals surface area contributed by atoms with Gasteiger partial charge in [0.15, 0.2) is 0 Å². The van der Waals surface area contributed by atoms with Gasteiger partial charge >= 0.3 is 0 Å². The monoisotopic (exact) mass is 261 g/mol. The molecule has 0 aromatic heterocycles. The van der Waals surface area contributed by atoms with Gasteiger partial charge in [0, 0.05) is 12.6 Å². The molecule has 1 fully saturated rings. The highest BCUT2D eigenvalue weighted by molar-refractivity contribution is 9.10. The summed E-state index contributed by atoms with van der Waals surface area (Å²) in [7, 11) is 0. The third-order valence-electron chi connectivity index (χ3n) is 3.00. The molecule has 1 amide bonds. The third-order valence-corrected chi connectivity index (χ3v) is 3.85. The number of hydrogen-bond donors (Lipinski definition) is 0. The van der Waals surface area contributed by atoms with Crippen LogP contribution in [0.2, 0.25) is 0 Å². The van der Waals surface area contributed by atoms with Gasteiger partial charge in [-0.25, -0.2) is 0 Å². The number of amides is 1. The fourth-order valence-corrected chi connectivity index (χ4v) is 2.82. The van der Waals surface area contributed by atoms with Crippen LogP contribution in [0.25, 0.3) is 0 Å². The zero-order valence-corrected chi connectivity index (χ0v) is 10.9. The number of likely N-dealkylation sites (tertiary alicyclic amines) is 1. The van der Waals surface area contributed by atoms with E-state index in [0.717, 1.165) is 25.8 Å². The summed E-state index contributed by atoms with van der Waals surface area (Å²) in [6, 6.07) is 0.419. The van der Waals surface area contributed by atoms with Crippen LogP contribution in [0.15, 0.2) is 0 Å². The van der Waals surface area contributed by atoms with Crippen molar-refractivity contribution in [2.75, 3.05) is 6.54 Å². The minimum absolute atomic E-state index is 0.0593. The van der Waals surface area contributed by atoms with Crippen molar-refractivity contribution >= 4 is 21.8 Å². The summed E-state index contributed by atoms with van der Waals surface area (Å²) in [4.78, 5) is 14.0. The van der Waals surface area contributed by atoms with E-state index in [2.05, 4.69) is 41.6 Å². The summed E-state index contributed by atoms with van der Waals surface area (Å²) in [5, 5.41) is 0. The van der Waals surface area contributed by atoms with Gasteiger partial charge in [0.1, 0.15) is 0 Å². The maximum absolute atomic E-state index is 11.9. The first-order valence-corrected chi connectivity index (χ1v) is 6.44. The molecule has 0 bridgehead atoms. The standard InChI is InChI=1S/C11H20BrNO/c1-4-10(8(2)3)13-7-5-6-9(12)11(13)14/h8-10H,4-7H2,1-3H3. The lowest BCUT2D eigenvalue weighted by Gasteiger charge is -2.38. The summed E-state index contributed by atoms with van der Waals surface area (Å²) in [5.74, 6) is 0.846. The van der Waals surface area contributed by atoms with Gasteiger partial charge in [-0.15, -0.1) is 0 Å². The summed E-state index contributed by atoms with van der Waals surface area (Å²) in [6.07, 6.45) is 3.18. The molecule has 1 rings (SSSR count). The van der Waals surface area contributed by atoms with Gasteiger partial charge in [-0.1, -0.05) is 36.7 Å². The lowest BCUT2D eigenvalue weighted by molar-refractivity contribution is -0.136. The quantitative estimate of drug-likeness (QED) is 0.716. The second-order valence-electron chi connectivity index (χ2n) is 4.36. The topological polar surface area (TPSA) is 20.3 Å². The number of piperidine rings is 1. The van der Waals surface area contributed by atoms with Gasteiger partial charge in [0.05, 0.1) is 4.83 Å². The summed E-state index contributed by atoms with van der Waals surface area (Å²) >= 11 is 3.45. The molecule has 0 aliphatic carbocycles. The minimum Gasteiger partial charge on any atom is -0.339 e. The van der Waals surface area contributed by atoms with Crippen molar-refractivity contribution in [3.63, 3.8) is 0 Å². The number of hydrogen-bond acceptors (Lipinski definition) is 1. The third kappa shape index (κ3) is 2.50. The van der Waals surface area contributed by atoms with Gasteiger partial charge in [-0.05, 0) is 25.2 Å². The second-order valence-corrected chi connectivity index (χ2v) is 5.47. The van der Waals surface area contributed by atoms with Crippen LogP contribution in [-0.2, 0) is 4.79 Å². The Morgan fingerprint density at radius 2 is 2.21 bits per heavy atom. The van der Waals surface area contributed by atoms with E-state index in [0.29, 0.717) is 12.0 Å². The Bertz CT molecular complexity index is 205. The summed E-state index contributed by atoms with van der Waals surface area (Å²) < 4.78 is 0. The molecule has 0 spiro atoms. The van der Waals surface area contributed by atoms with Gasteiger partial charge in [-0.2, -0.15) is 0 Å². The average molecular weight is 262 g/mol. The van der Waals surface area contributed by atoms with Crippen molar-refractivity contribution in [1.82, 2.24) is 4.90 Å². The van der Waals surface area contributed by atoms with Gasteiger partial charge in [0.2, 0.25) is 5.91 Å². The Morgan fingerprint density at radius 1 is 1.57 bits per heavy atom. The Labute approximate surface area is 95.2 Å². The fraction of sp³-hybridized carbons (Fsp3) is 0.909. The zero-order valence-electron chi connectivity index (χ0n) is 9.29. The highest BCUT2D eigenvalue weighted by atomic mass is 79.9. The van der Waals surface area contributed by atoms with Gasteiger partial charge in [-0.3, -0.25) is 4.79 Å². The van der Waals surface area contributed by atoms with Crippen LogP contribution in [0, 0.1) is 5.92 Å². The molecule has 1 saturated heterocycles. The number of rotatable bonds is 3. The van der Waals surface area contributed by atoms with E-state index in [9.17, 15) is 4.79 Å². The molecule has 0 aromatic rings. The predicted molar refractivity (Wildman–Crippen MR) is 62.6 cm³/mol. The number of halogens is 1. The van der Waals surface area contributed by atoms with Crippen LogP contribution in [0.3, 0.4) is 0 Å². The first-order chi connectivity index (χ1) is 6.57. The van der Waals surface area contributed by atoms with Gasteiger partial charge in [0.25, 0.3) is 0 Å². The van der Waals surface area contributed by atoms with Crippen LogP contribution in [0.5, 0.6) is 0 Å². The van der Waals surface area contributed by atoms with E-state index in [1.165, 1.54) is 0 Å². The van der Waals surface area contributed by atoms with Crippen molar-refractivity contribution in [2.24, 2.45) is 5.92 Å². The lowest BCUT2D eigenvalue weighted by Crippen LogP contribution is -2.49. The van der Waals surface area contributed by atoms with E-state index < -0.39 is 0 Å². The average Bonchev–Trinajstić information content (AvgIpc) is 2.13. The maximum Gasteiger partial charge on any atom is 0.236 e.